The van der Waals surface area contributed by atoms with Gasteiger partial charge in [-0.3, -0.25) is 0 Å². The van der Waals surface area contributed by atoms with Crippen LogP contribution >= 0.6 is 0 Å². The van der Waals surface area contributed by atoms with Crippen LogP contribution in [0.2, 0.25) is 0 Å². The fraction of sp³-hybridized carbons (Fsp3) is 0.833. The first-order valence-electron chi connectivity index (χ1n) is 6.04. The number of hydrogen-bond donors (Lipinski definition) is 2. The zero-order valence-corrected chi connectivity index (χ0v) is 11.4. The predicted octanol–water partition coefficient (Wildman–Crippen LogP) is 1.78. The molecule has 5 nitrogen and oxygen atoms in total. The summed E-state index contributed by atoms with van der Waals surface area (Å²) in [6, 6.07) is -1.14. The molecule has 2 N–H and O–H groups in total. The Balaban J connectivity index is 4.45. The second-order valence-corrected chi connectivity index (χ2v) is 4.93. The number of carboxylic acids is 1. The van der Waals surface area contributed by atoms with Crippen molar-refractivity contribution in [3.63, 3.8) is 0 Å². The van der Waals surface area contributed by atoms with E-state index in [4.69, 9.17) is 5.11 Å². The van der Waals surface area contributed by atoms with Crippen LogP contribution in [0.25, 0.3) is 0 Å². The van der Waals surface area contributed by atoms with Crippen molar-refractivity contribution in [2.75, 3.05) is 13.6 Å². The lowest BCUT2D eigenvalue weighted by molar-refractivity contribution is -0.140. The van der Waals surface area contributed by atoms with Crippen molar-refractivity contribution in [1.29, 1.82) is 0 Å². The topological polar surface area (TPSA) is 69.6 Å². The molecular weight excluding hydrogens is 220 g/mol. The van der Waals surface area contributed by atoms with Gasteiger partial charge in [0.1, 0.15) is 6.04 Å². The first-order chi connectivity index (χ1) is 7.79. The maximum atomic E-state index is 11.8. The van der Waals surface area contributed by atoms with Gasteiger partial charge in [0.25, 0.3) is 0 Å². The van der Waals surface area contributed by atoms with E-state index in [1.54, 1.807) is 7.05 Å². The molecule has 2 amide bonds. The lowest BCUT2D eigenvalue weighted by Gasteiger charge is -2.25. The van der Waals surface area contributed by atoms with Crippen LogP contribution in [0.1, 0.15) is 34.1 Å². The van der Waals surface area contributed by atoms with Gasteiger partial charge in [-0.2, -0.15) is 0 Å². The van der Waals surface area contributed by atoms with Crippen LogP contribution in [0.3, 0.4) is 0 Å². The third kappa shape index (κ3) is 5.56. The SMILES string of the molecule is CCC(C)C(NC(=O)N(C)CC(C)C)C(=O)O. The van der Waals surface area contributed by atoms with Gasteiger partial charge in [0, 0.05) is 13.6 Å². The fourth-order valence-corrected chi connectivity index (χ4v) is 1.56. The molecule has 0 bridgehead atoms. The number of rotatable bonds is 6. The minimum Gasteiger partial charge on any atom is -0.480 e. The molecule has 0 spiro atoms. The predicted molar refractivity (Wildman–Crippen MR) is 66.9 cm³/mol. The molecule has 0 radical (unpaired) electrons. The van der Waals surface area contributed by atoms with Crippen LogP contribution in [0.5, 0.6) is 0 Å². The second-order valence-electron chi connectivity index (χ2n) is 4.93. The van der Waals surface area contributed by atoms with Gasteiger partial charge in [-0.25, -0.2) is 9.59 Å². The standard InChI is InChI=1S/C12H24N2O3/c1-6-9(4)10(11(15)16)13-12(17)14(5)7-8(2)3/h8-10H,6-7H2,1-5H3,(H,13,17)(H,15,16). The number of carbonyl (C=O) groups is 2. The Kier molecular flexibility index (Phi) is 6.61. The number of amides is 2. The van der Waals surface area contributed by atoms with Gasteiger partial charge in [-0.05, 0) is 11.8 Å². The molecule has 0 heterocycles. The molecule has 0 aliphatic rings. The summed E-state index contributed by atoms with van der Waals surface area (Å²) in [6.07, 6.45) is 0.713. The summed E-state index contributed by atoms with van der Waals surface area (Å²) in [5, 5.41) is 11.6. The molecule has 0 aromatic heterocycles. The largest absolute Gasteiger partial charge is 0.480 e. The van der Waals surface area contributed by atoms with Crippen LogP contribution in [0, 0.1) is 11.8 Å². The molecule has 0 aliphatic carbocycles. The molecule has 0 saturated heterocycles. The second kappa shape index (κ2) is 7.14. The van der Waals surface area contributed by atoms with Crippen molar-refractivity contribution in [3.05, 3.63) is 0 Å². The number of hydrogen-bond acceptors (Lipinski definition) is 2. The lowest BCUT2D eigenvalue weighted by atomic mass is 9.99. The van der Waals surface area contributed by atoms with E-state index < -0.39 is 12.0 Å². The summed E-state index contributed by atoms with van der Waals surface area (Å²) in [7, 11) is 1.67. The van der Waals surface area contributed by atoms with Crippen LogP contribution in [-0.4, -0.2) is 41.6 Å². The summed E-state index contributed by atoms with van der Waals surface area (Å²) >= 11 is 0. The highest BCUT2D eigenvalue weighted by Gasteiger charge is 2.26. The van der Waals surface area contributed by atoms with E-state index in [1.807, 2.05) is 27.7 Å². The number of carboxylic acid groups (broad SMARTS) is 1. The monoisotopic (exact) mass is 244 g/mol. The van der Waals surface area contributed by atoms with E-state index >= 15 is 0 Å². The smallest absolute Gasteiger partial charge is 0.326 e. The van der Waals surface area contributed by atoms with Gasteiger partial charge in [0.15, 0.2) is 0 Å². The number of aliphatic carboxylic acids is 1. The van der Waals surface area contributed by atoms with Crippen molar-refractivity contribution in [3.8, 4) is 0 Å². The van der Waals surface area contributed by atoms with Crippen molar-refractivity contribution in [2.24, 2.45) is 11.8 Å². The molecule has 0 fully saturated rings. The average Bonchev–Trinajstić information content (AvgIpc) is 2.22. The summed E-state index contributed by atoms with van der Waals surface area (Å²) in [4.78, 5) is 24.3. The Morgan fingerprint density at radius 2 is 1.82 bits per heavy atom. The molecule has 0 aliphatic heterocycles. The molecule has 2 unspecified atom stereocenters. The fourth-order valence-electron chi connectivity index (χ4n) is 1.56. The normalized spacial score (nSPS) is 14.2. The zero-order valence-electron chi connectivity index (χ0n) is 11.4. The van der Waals surface area contributed by atoms with Crippen LogP contribution in [0.15, 0.2) is 0 Å². The molecule has 0 rings (SSSR count). The van der Waals surface area contributed by atoms with Crippen LogP contribution in [0.4, 0.5) is 4.79 Å². The van der Waals surface area contributed by atoms with Crippen molar-refractivity contribution >= 4 is 12.0 Å². The maximum absolute atomic E-state index is 11.8. The summed E-state index contributed by atoms with van der Waals surface area (Å²) < 4.78 is 0. The van der Waals surface area contributed by atoms with E-state index in [2.05, 4.69) is 5.32 Å². The van der Waals surface area contributed by atoms with Gasteiger partial charge in [-0.15, -0.1) is 0 Å². The van der Waals surface area contributed by atoms with E-state index in [0.717, 1.165) is 0 Å². The minimum absolute atomic E-state index is 0.0797. The molecule has 2 atom stereocenters. The molecule has 5 heteroatoms. The van der Waals surface area contributed by atoms with Crippen LogP contribution in [-0.2, 0) is 4.79 Å². The van der Waals surface area contributed by atoms with Gasteiger partial charge < -0.3 is 15.3 Å². The molecule has 0 saturated carbocycles. The number of urea groups is 1. The van der Waals surface area contributed by atoms with E-state index in [1.165, 1.54) is 4.90 Å². The quantitative estimate of drug-likeness (QED) is 0.748. The Bertz CT molecular complexity index is 266. The molecule has 17 heavy (non-hydrogen) atoms. The Morgan fingerprint density at radius 1 is 1.29 bits per heavy atom. The number of carbonyl (C=O) groups excluding carboxylic acids is 1. The Labute approximate surface area is 103 Å². The Morgan fingerprint density at radius 3 is 2.18 bits per heavy atom. The van der Waals surface area contributed by atoms with Crippen LogP contribution < -0.4 is 5.32 Å². The van der Waals surface area contributed by atoms with Crippen molar-refractivity contribution < 1.29 is 14.7 Å². The van der Waals surface area contributed by atoms with E-state index in [9.17, 15) is 9.59 Å². The Hall–Kier alpha value is -1.26. The summed E-state index contributed by atoms with van der Waals surface area (Å²) in [5.41, 5.74) is 0. The van der Waals surface area contributed by atoms with E-state index in [-0.39, 0.29) is 11.9 Å². The number of nitrogens with zero attached hydrogens (tertiary/aromatic N) is 1. The third-order valence-corrected chi connectivity index (χ3v) is 2.74. The molecular formula is C12H24N2O3. The lowest BCUT2D eigenvalue weighted by Crippen LogP contribution is -2.50. The van der Waals surface area contributed by atoms with Crippen molar-refractivity contribution in [1.82, 2.24) is 10.2 Å². The van der Waals surface area contributed by atoms with Gasteiger partial charge >= 0.3 is 12.0 Å². The third-order valence-electron chi connectivity index (χ3n) is 2.74. The van der Waals surface area contributed by atoms with Gasteiger partial charge in [-0.1, -0.05) is 34.1 Å². The summed E-state index contributed by atoms with van der Waals surface area (Å²) in [6.45, 7) is 8.35. The highest BCUT2D eigenvalue weighted by Crippen LogP contribution is 2.08. The van der Waals surface area contributed by atoms with Crippen molar-refractivity contribution in [2.45, 2.75) is 40.2 Å². The summed E-state index contributed by atoms with van der Waals surface area (Å²) in [5.74, 6) is -0.702. The van der Waals surface area contributed by atoms with E-state index in [0.29, 0.717) is 18.9 Å². The first kappa shape index (κ1) is 15.7. The minimum atomic E-state index is -0.981. The highest BCUT2D eigenvalue weighted by atomic mass is 16.4. The highest BCUT2D eigenvalue weighted by molar-refractivity contribution is 5.82. The number of nitrogens with one attached hydrogen (secondary N) is 1. The maximum Gasteiger partial charge on any atom is 0.326 e. The zero-order chi connectivity index (χ0) is 13.6. The molecule has 100 valence electrons. The van der Waals surface area contributed by atoms with Gasteiger partial charge in [0.2, 0.25) is 0 Å². The molecule has 0 aromatic rings. The molecule has 0 aromatic carbocycles. The first-order valence-corrected chi connectivity index (χ1v) is 6.04. The average molecular weight is 244 g/mol. The van der Waals surface area contributed by atoms with Gasteiger partial charge in [0.05, 0.1) is 0 Å².